The van der Waals surface area contributed by atoms with E-state index in [4.69, 9.17) is 16.2 Å². The van der Waals surface area contributed by atoms with Gasteiger partial charge < -0.3 is 78.3 Å². The van der Waals surface area contributed by atoms with Gasteiger partial charge in [0.15, 0.2) is 0 Å². The van der Waals surface area contributed by atoms with E-state index in [2.05, 4.69) is 47.2 Å². The van der Waals surface area contributed by atoms with Crippen LogP contribution in [0.3, 0.4) is 0 Å². The number of ether oxygens (including phenoxy) is 1. The van der Waals surface area contributed by atoms with Crippen LogP contribution in [0.2, 0.25) is 0 Å². The third-order valence-electron chi connectivity index (χ3n) is 18.4. The highest BCUT2D eigenvalue weighted by Crippen LogP contribution is 2.32. The predicted molar refractivity (Wildman–Crippen MR) is 371 cm³/mol. The topological polar surface area (TPSA) is 374 Å². The zero-order valence-corrected chi connectivity index (χ0v) is 57.4. The van der Waals surface area contributed by atoms with Gasteiger partial charge in [0, 0.05) is 96.0 Å². The van der Waals surface area contributed by atoms with Crippen molar-refractivity contribution in [3.8, 4) is 5.75 Å². The summed E-state index contributed by atoms with van der Waals surface area (Å²) >= 11 is 2.84. The van der Waals surface area contributed by atoms with Crippen LogP contribution in [0.25, 0.3) is 21.8 Å². The van der Waals surface area contributed by atoms with Gasteiger partial charge in [-0.1, -0.05) is 36.4 Å². The van der Waals surface area contributed by atoms with E-state index >= 15 is 14.4 Å². The van der Waals surface area contributed by atoms with Gasteiger partial charge in [-0.05, 0) is 149 Å². The molecule has 29 heteroatoms. The highest BCUT2D eigenvalue weighted by molar-refractivity contribution is 7.98. The van der Waals surface area contributed by atoms with Crippen LogP contribution in [0.15, 0.2) is 97.3 Å². The van der Waals surface area contributed by atoms with Gasteiger partial charge in [-0.15, -0.1) is 0 Å². The number of aliphatic hydroxyl groups excluding tert-OH is 1. The van der Waals surface area contributed by atoms with Gasteiger partial charge >= 0.3 is 0 Å². The molecule has 9 rings (SSSR count). The van der Waals surface area contributed by atoms with E-state index in [9.17, 15) is 47.4 Å². The first-order chi connectivity index (χ1) is 47.4. The van der Waals surface area contributed by atoms with Crippen molar-refractivity contribution < 1.29 is 66.6 Å². The molecule has 2 aromatic heterocycles. The number of amides is 10. The number of aromatic amines is 2. The summed E-state index contributed by atoms with van der Waals surface area (Å²) in [4.78, 5) is 154. The monoisotopic (exact) mass is 1400 g/mol. The van der Waals surface area contributed by atoms with Gasteiger partial charge in [-0.2, -0.15) is 23.5 Å². The van der Waals surface area contributed by atoms with Crippen LogP contribution in [-0.2, 0) is 78.7 Å². The summed E-state index contributed by atoms with van der Waals surface area (Å²) < 4.78 is 35.3. The summed E-state index contributed by atoms with van der Waals surface area (Å²) in [6.07, 6.45) is 2.74. The standard InChI is InChI=1S/C70H87F2N13O12S2/c1-39-62(89)79-54(30-44-34-75-51-20-16-46(71)32-49(44)51)64(91)80-56(31-45-35-76-52-21-17-47(72)33-50(45)52)67(94)84-25-8-13-58(84)65(92)83-60(40(2)86)66(93)81-55(29-41-14-18-48(97-4)19-15-41)68(95)85-26-9-23-70(85,3)69(96)82-57(61(74)88)38-99-37-43-11-7-10-42(28-43)36-98-27-22-59(87)78-53(63(90)77-39)12-5-6-24-73/h7,10-11,14-21,28,32-35,39-40,53-58,60,75-76,86H,5-6,8-9,12-13,22-27,29-31,36-38,73H2,1-4H3,(H2,74,88)(H,77,90)(H,78,87)(H,79,89)(H,80,91)(H,81,93)(H,82,96)(H,83,92)/t39-,40-,53+,54+,55+,56+,57+,58+,60+,70+/m1/s1. The first-order valence-corrected chi connectivity index (χ1v) is 35.5. The number of H-pyrrole nitrogens is 2. The minimum atomic E-state index is -1.75. The summed E-state index contributed by atoms with van der Waals surface area (Å²) in [6.45, 7) is 4.55. The van der Waals surface area contributed by atoms with Crippen molar-refractivity contribution in [1.82, 2.24) is 57.0 Å². The molecule has 10 atom stereocenters. The van der Waals surface area contributed by atoms with Crippen molar-refractivity contribution in [2.45, 2.75) is 163 Å². The van der Waals surface area contributed by atoms with Gasteiger partial charge in [-0.25, -0.2) is 8.78 Å². The number of benzene rings is 4. The number of carbonyl (C=O) groups excluding carboxylic acids is 10. The second-order valence-electron chi connectivity index (χ2n) is 25.6. The van der Waals surface area contributed by atoms with Gasteiger partial charge in [0.2, 0.25) is 59.1 Å². The second kappa shape index (κ2) is 34.1. The molecule has 99 heavy (non-hydrogen) atoms. The largest absolute Gasteiger partial charge is 0.497 e. The summed E-state index contributed by atoms with van der Waals surface area (Å²) in [5.74, 6) is -7.01. The Bertz CT molecular complexity index is 3930. The number of aliphatic hydroxyl groups is 1. The summed E-state index contributed by atoms with van der Waals surface area (Å²) in [5, 5.41) is 31.3. The van der Waals surface area contributed by atoms with Crippen molar-refractivity contribution >= 4 is 104 Å². The third-order valence-corrected chi connectivity index (χ3v) is 20.5. The molecule has 5 heterocycles. The van der Waals surface area contributed by atoms with E-state index in [1.54, 1.807) is 31.2 Å². The summed E-state index contributed by atoms with van der Waals surface area (Å²) in [7, 11) is 1.48. The Morgan fingerprint density at radius 2 is 1.30 bits per heavy atom. The molecule has 14 N–H and O–H groups in total. The molecule has 0 saturated carbocycles. The van der Waals surface area contributed by atoms with Crippen LogP contribution in [0.1, 0.15) is 100.0 Å². The van der Waals surface area contributed by atoms with Crippen LogP contribution >= 0.6 is 23.5 Å². The smallest absolute Gasteiger partial charge is 0.246 e. The van der Waals surface area contributed by atoms with Gasteiger partial charge in [0.25, 0.3) is 0 Å². The van der Waals surface area contributed by atoms with Crippen LogP contribution in [-0.4, -0.2) is 182 Å². The molecule has 0 radical (unpaired) electrons. The fourth-order valence-corrected chi connectivity index (χ4v) is 14.7. The minimum absolute atomic E-state index is 0.0350. The number of unbranched alkanes of at least 4 members (excludes halogenated alkanes) is 1. The van der Waals surface area contributed by atoms with Crippen LogP contribution in [0.5, 0.6) is 5.75 Å². The van der Waals surface area contributed by atoms with E-state index < -0.39 is 131 Å². The number of primary amides is 1. The number of halogens is 2. The van der Waals surface area contributed by atoms with Crippen LogP contribution in [0.4, 0.5) is 8.78 Å². The Morgan fingerprint density at radius 3 is 1.94 bits per heavy atom. The van der Waals surface area contributed by atoms with Crippen molar-refractivity contribution in [3.05, 3.63) is 137 Å². The molecule has 3 aliphatic heterocycles. The van der Waals surface area contributed by atoms with E-state index in [1.165, 1.54) is 103 Å². The molecule has 0 spiro atoms. The third kappa shape index (κ3) is 19.0. The molecular formula is C70H87F2N13O12S2. The Morgan fingerprint density at radius 1 is 0.687 bits per heavy atom. The number of nitrogens with two attached hydrogens (primary N) is 2. The fourth-order valence-electron chi connectivity index (χ4n) is 12.8. The normalized spacial score (nSPS) is 24.7. The molecule has 6 aromatic rings. The number of rotatable bonds is 13. The SMILES string of the molecule is COc1ccc(C[C@@H]2NC(=O)[C@H]([C@@H](C)O)NC(=O)[C@@H]3CCCN3C(=O)[C@H](Cc3c[nH]c4ccc(F)cc34)NC(=O)[C@H](Cc3c[nH]c4ccc(F)cc34)NC(=O)[C@@H](C)NC(=O)[C@H](CCCCN)NC(=O)CCSCc3cccc(c3)CSC[C@@H](C(N)=O)NC(=O)[C@]3(C)CCCN3C2=O)cc1. The molecule has 2 fully saturated rings. The molecule has 0 aliphatic carbocycles. The Hall–Kier alpha value is -9.06. The molecule has 2 bridgehead atoms. The Kier molecular flexibility index (Phi) is 25.6. The minimum Gasteiger partial charge on any atom is -0.497 e. The maximum absolute atomic E-state index is 15.4. The molecule has 25 nitrogen and oxygen atoms in total. The maximum atomic E-state index is 15.4. The average Bonchev–Trinajstić information content (AvgIpc) is 1.71. The Balaban J connectivity index is 1.04. The lowest BCUT2D eigenvalue weighted by atomic mass is 9.95. The number of nitrogens with zero attached hydrogens (tertiary/aromatic N) is 2. The molecule has 10 amide bonds. The predicted octanol–water partition coefficient (Wildman–Crippen LogP) is 3.31. The Labute approximate surface area is 580 Å². The number of nitrogens with one attached hydrogen (secondary N) is 9. The highest BCUT2D eigenvalue weighted by Gasteiger charge is 2.49. The lowest BCUT2D eigenvalue weighted by Crippen LogP contribution is -2.64. The van der Waals surface area contributed by atoms with E-state index in [0.717, 1.165) is 11.1 Å². The summed E-state index contributed by atoms with van der Waals surface area (Å²) in [5.41, 5.74) is 14.3. The first-order valence-electron chi connectivity index (χ1n) is 33.2. The molecule has 0 unspecified atom stereocenters. The number of hydrogen-bond acceptors (Lipinski definition) is 15. The van der Waals surface area contributed by atoms with E-state index in [0.29, 0.717) is 87.3 Å². The maximum Gasteiger partial charge on any atom is 0.246 e. The second-order valence-corrected chi connectivity index (χ2v) is 27.8. The number of thioether (sulfide) groups is 2. The number of methoxy groups -OCH3 is 1. The first kappa shape index (κ1) is 74.2. The van der Waals surface area contributed by atoms with Crippen LogP contribution < -0.4 is 53.4 Å². The molecule has 4 aromatic carbocycles. The number of hydrogen-bond donors (Lipinski definition) is 12. The van der Waals surface area contributed by atoms with Crippen molar-refractivity contribution in [2.75, 3.05) is 38.2 Å². The van der Waals surface area contributed by atoms with E-state index in [1.807, 2.05) is 24.3 Å². The van der Waals surface area contributed by atoms with Crippen molar-refractivity contribution in [2.24, 2.45) is 11.5 Å². The number of fused-ring (bicyclic) bond motifs is 6. The fraction of sp³-hybridized carbons (Fsp3) is 0.457. The lowest BCUT2D eigenvalue weighted by molar-refractivity contribution is -0.147. The lowest BCUT2D eigenvalue weighted by Gasteiger charge is -2.37. The molecule has 2 saturated heterocycles. The van der Waals surface area contributed by atoms with Gasteiger partial charge in [0.1, 0.15) is 71.3 Å². The zero-order valence-electron chi connectivity index (χ0n) is 55.7. The molecule has 530 valence electrons. The highest BCUT2D eigenvalue weighted by atomic mass is 32.2. The van der Waals surface area contributed by atoms with Gasteiger partial charge in [-0.3, -0.25) is 47.9 Å². The van der Waals surface area contributed by atoms with Crippen LogP contribution in [0, 0.1) is 11.6 Å². The van der Waals surface area contributed by atoms with E-state index in [-0.39, 0.29) is 70.2 Å². The molecule has 3 aliphatic rings. The number of carbonyl (C=O) groups is 10. The zero-order chi connectivity index (χ0) is 71.1. The average molecular weight is 1400 g/mol. The van der Waals surface area contributed by atoms with Crippen molar-refractivity contribution in [1.29, 1.82) is 0 Å². The number of aromatic nitrogens is 2. The summed E-state index contributed by atoms with van der Waals surface area (Å²) in [6, 6.07) is 11.2. The quantitative estimate of drug-likeness (QED) is 0.0738. The van der Waals surface area contributed by atoms with Gasteiger partial charge in [0.05, 0.1) is 13.2 Å². The molecular weight excluding hydrogens is 1320 g/mol. The van der Waals surface area contributed by atoms with Crippen molar-refractivity contribution in [3.63, 3.8) is 0 Å².